The molecule has 3 rings (SSSR count). The maximum absolute atomic E-state index is 8.91. The van der Waals surface area contributed by atoms with E-state index in [1.165, 1.54) is 0 Å². The third kappa shape index (κ3) is 2.64. The van der Waals surface area contributed by atoms with E-state index in [0.29, 0.717) is 27.9 Å². The van der Waals surface area contributed by atoms with Crippen LogP contribution >= 0.6 is 11.6 Å². The Morgan fingerprint density at radius 3 is 2.57 bits per heavy atom. The van der Waals surface area contributed by atoms with Crippen molar-refractivity contribution in [2.75, 3.05) is 5.32 Å². The van der Waals surface area contributed by atoms with Crippen molar-refractivity contribution in [2.24, 2.45) is 0 Å². The van der Waals surface area contributed by atoms with Crippen LogP contribution in [-0.4, -0.2) is 9.97 Å². The molecule has 0 aliphatic carbocycles. The quantitative estimate of drug-likeness (QED) is 0.769. The maximum Gasteiger partial charge on any atom is 0.132 e. The zero-order valence-electron chi connectivity index (χ0n) is 11.3. The molecule has 0 bridgehead atoms. The van der Waals surface area contributed by atoms with Crippen molar-refractivity contribution in [3.05, 3.63) is 58.7 Å². The van der Waals surface area contributed by atoms with Crippen LogP contribution in [0.3, 0.4) is 0 Å². The van der Waals surface area contributed by atoms with E-state index in [1.807, 2.05) is 30.3 Å². The first-order chi connectivity index (χ1) is 10.2. The maximum atomic E-state index is 8.91. The number of para-hydroxylation sites is 1. The second kappa shape index (κ2) is 5.39. The fourth-order valence-electron chi connectivity index (χ4n) is 2.06. The number of anilines is 2. The number of rotatable bonds is 2. The fraction of sp³-hybridized carbons (Fsp3) is 0.0625. The van der Waals surface area contributed by atoms with E-state index in [0.717, 1.165) is 10.9 Å². The van der Waals surface area contributed by atoms with Gasteiger partial charge in [0.05, 0.1) is 21.8 Å². The summed E-state index contributed by atoms with van der Waals surface area (Å²) in [5.74, 6) is 1.30. The van der Waals surface area contributed by atoms with Crippen molar-refractivity contribution in [3.8, 4) is 6.07 Å². The number of aryl methyl sites for hydroxylation is 1. The van der Waals surface area contributed by atoms with E-state index in [1.54, 1.807) is 19.1 Å². The topological polar surface area (TPSA) is 61.6 Å². The van der Waals surface area contributed by atoms with Gasteiger partial charge in [-0.1, -0.05) is 23.7 Å². The molecule has 0 aliphatic heterocycles. The molecule has 0 unspecified atom stereocenters. The van der Waals surface area contributed by atoms with Crippen molar-refractivity contribution in [2.45, 2.75) is 6.92 Å². The van der Waals surface area contributed by atoms with Crippen LogP contribution in [0.1, 0.15) is 11.3 Å². The van der Waals surface area contributed by atoms with Gasteiger partial charge in [-0.15, -0.1) is 0 Å². The number of pyridine rings is 2. The van der Waals surface area contributed by atoms with Crippen molar-refractivity contribution in [1.29, 1.82) is 5.26 Å². The van der Waals surface area contributed by atoms with Gasteiger partial charge in [-0.3, -0.25) is 0 Å². The number of nitrogens with one attached hydrogen (secondary N) is 1. The van der Waals surface area contributed by atoms with Crippen LogP contribution in [0.5, 0.6) is 0 Å². The highest BCUT2D eigenvalue weighted by Crippen LogP contribution is 2.24. The molecule has 2 aromatic heterocycles. The molecule has 1 N–H and O–H groups in total. The Labute approximate surface area is 127 Å². The largest absolute Gasteiger partial charge is 0.325 e. The highest BCUT2D eigenvalue weighted by molar-refractivity contribution is 6.35. The molecule has 0 saturated carbocycles. The molecule has 0 radical (unpaired) electrons. The molecule has 1 aromatic carbocycles. The van der Waals surface area contributed by atoms with Gasteiger partial charge in [0.25, 0.3) is 0 Å². The molecule has 21 heavy (non-hydrogen) atoms. The monoisotopic (exact) mass is 294 g/mol. The van der Waals surface area contributed by atoms with Crippen molar-refractivity contribution in [3.63, 3.8) is 0 Å². The zero-order chi connectivity index (χ0) is 14.8. The van der Waals surface area contributed by atoms with E-state index in [9.17, 15) is 0 Å². The molecule has 102 valence electrons. The molecule has 0 spiro atoms. The molecular formula is C16H11ClN4. The van der Waals surface area contributed by atoms with Crippen LogP contribution in [-0.2, 0) is 0 Å². The Kier molecular flexibility index (Phi) is 3.43. The Balaban J connectivity index is 1.97. The van der Waals surface area contributed by atoms with Crippen LogP contribution in [0.4, 0.5) is 11.6 Å². The van der Waals surface area contributed by atoms with Gasteiger partial charge in [-0.25, -0.2) is 9.97 Å². The Morgan fingerprint density at radius 1 is 1.05 bits per heavy atom. The third-order valence-corrected chi connectivity index (χ3v) is 3.44. The van der Waals surface area contributed by atoms with Gasteiger partial charge in [-0.05, 0) is 37.3 Å². The van der Waals surface area contributed by atoms with E-state index < -0.39 is 0 Å². The summed E-state index contributed by atoms with van der Waals surface area (Å²) in [7, 11) is 0. The van der Waals surface area contributed by atoms with Gasteiger partial charge < -0.3 is 5.32 Å². The summed E-state index contributed by atoms with van der Waals surface area (Å²) in [6.45, 7) is 1.80. The van der Waals surface area contributed by atoms with Gasteiger partial charge in [-0.2, -0.15) is 5.26 Å². The number of benzene rings is 1. The van der Waals surface area contributed by atoms with Gasteiger partial charge in [0.15, 0.2) is 0 Å². The van der Waals surface area contributed by atoms with Crippen LogP contribution in [0.15, 0.2) is 42.5 Å². The summed E-state index contributed by atoms with van der Waals surface area (Å²) in [6.07, 6.45) is 0. The van der Waals surface area contributed by atoms with E-state index in [4.69, 9.17) is 16.9 Å². The average Bonchev–Trinajstić information content (AvgIpc) is 2.48. The lowest BCUT2D eigenvalue weighted by molar-refractivity contribution is 1.17. The van der Waals surface area contributed by atoms with Crippen molar-refractivity contribution in [1.82, 2.24) is 9.97 Å². The summed E-state index contributed by atoms with van der Waals surface area (Å²) < 4.78 is 0. The van der Waals surface area contributed by atoms with Gasteiger partial charge in [0.1, 0.15) is 17.7 Å². The minimum atomic E-state index is 0.565. The SMILES string of the molecule is Cc1nc(Nc2ccc3cccc(Cl)c3n2)ccc1C#N. The van der Waals surface area contributed by atoms with Crippen LogP contribution in [0, 0.1) is 18.3 Å². The standard InChI is InChI=1S/C16H11ClN4/c1-10-12(9-18)6-8-14(19-10)20-15-7-5-11-3-2-4-13(17)16(11)21-15/h2-8H,1H3,(H,19,20,21). The van der Waals surface area contributed by atoms with Crippen molar-refractivity contribution < 1.29 is 0 Å². The second-order valence-electron chi connectivity index (χ2n) is 4.57. The van der Waals surface area contributed by atoms with Gasteiger partial charge in [0.2, 0.25) is 0 Å². The normalized spacial score (nSPS) is 10.3. The van der Waals surface area contributed by atoms with Crippen LogP contribution < -0.4 is 5.32 Å². The molecule has 2 heterocycles. The Bertz CT molecular complexity index is 868. The highest BCUT2D eigenvalue weighted by atomic mass is 35.5. The summed E-state index contributed by atoms with van der Waals surface area (Å²) in [4.78, 5) is 8.83. The lowest BCUT2D eigenvalue weighted by Gasteiger charge is -2.08. The number of nitrogens with zero attached hydrogens (tertiary/aromatic N) is 3. The molecule has 0 saturated heterocycles. The smallest absolute Gasteiger partial charge is 0.132 e. The number of fused-ring (bicyclic) bond motifs is 1. The minimum absolute atomic E-state index is 0.565. The molecule has 0 atom stereocenters. The Morgan fingerprint density at radius 2 is 1.81 bits per heavy atom. The predicted molar refractivity (Wildman–Crippen MR) is 83.7 cm³/mol. The third-order valence-electron chi connectivity index (χ3n) is 3.13. The zero-order valence-corrected chi connectivity index (χ0v) is 12.0. The average molecular weight is 295 g/mol. The Hall–Kier alpha value is -2.64. The highest BCUT2D eigenvalue weighted by Gasteiger charge is 2.05. The predicted octanol–water partition coefficient (Wildman–Crippen LogP) is 4.21. The lowest BCUT2D eigenvalue weighted by atomic mass is 10.2. The number of aromatic nitrogens is 2. The lowest BCUT2D eigenvalue weighted by Crippen LogP contribution is -1.98. The van der Waals surface area contributed by atoms with Crippen molar-refractivity contribution >= 4 is 34.1 Å². The molecule has 4 nitrogen and oxygen atoms in total. The second-order valence-corrected chi connectivity index (χ2v) is 4.98. The van der Waals surface area contributed by atoms with Crippen LogP contribution in [0.2, 0.25) is 5.02 Å². The molecule has 0 amide bonds. The molecular weight excluding hydrogens is 284 g/mol. The summed E-state index contributed by atoms with van der Waals surface area (Å²) in [5.41, 5.74) is 1.99. The molecule has 0 aliphatic rings. The number of hydrogen-bond donors (Lipinski definition) is 1. The number of hydrogen-bond acceptors (Lipinski definition) is 4. The fourth-order valence-corrected chi connectivity index (χ4v) is 2.28. The summed E-state index contributed by atoms with van der Waals surface area (Å²) >= 11 is 6.15. The molecule has 3 aromatic rings. The van der Waals surface area contributed by atoms with Gasteiger partial charge >= 0.3 is 0 Å². The van der Waals surface area contributed by atoms with E-state index >= 15 is 0 Å². The van der Waals surface area contributed by atoms with E-state index in [2.05, 4.69) is 21.4 Å². The van der Waals surface area contributed by atoms with Gasteiger partial charge in [0, 0.05) is 5.39 Å². The first-order valence-corrected chi connectivity index (χ1v) is 6.75. The molecule has 5 heteroatoms. The number of halogens is 1. The summed E-state index contributed by atoms with van der Waals surface area (Å²) in [6, 6.07) is 15.1. The van der Waals surface area contributed by atoms with Crippen LogP contribution in [0.25, 0.3) is 10.9 Å². The first-order valence-electron chi connectivity index (χ1n) is 6.37. The minimum Gasteiger partial charge on any atom is -0.325 e. The number of nitriles is 1. The van der Waals surface area contributed by atoms with E-state index in [-0.39, 0.29) is 0 Å². The summed E-state index contributed by atoms with van der Waals surface area (Å²) in [5, 5.41) is 13.6. The first kappa shape index (κ1) is 13.3. The molecule has 0 fully saturated rings.